The molecule has 2 aromatic carbocycles. The second-order valence-corrected chi connectivity index (χ2v) is 5.68. The summed E-state index contributed by atoms with van der Waals surface area (Å²) in [5, 5.41) is 7.23. The zero-order valence-electron chi connectivity index (χ0n) is 11.0. The molecule has 0 bridgehead atoms. The van der Waals surface area contributed by atoms with E-state index >= 15 is 0 Å². The number of nitrogens with one attached hydrogen (secondary N) is 1. The summed E-state index contributed by atoms with van der Waals surface area (Å²) in [5.74, 6) is 0. The van der Waals surface area contributed by atoms with Gasteiger partial charge in [-0.2, -0.15) is 0 Å². The first-order valence-corrected chi connectivity index (χ1v) is 7.46. The molecule has 0 amide bonds. The van der Waals surface area contributed by atoms with Crippen molar-refractivity contribution in [1.29, 1.82) is 0 Å². The number of fused-ring (bicyclic) bond motifs is 1. The number of hydrogen-bond donors (Lipinski definition) is 1. The average Bonchev–Trinajstić information content (AvgIpc) is 2.89. The van der Waals surface area contributed by atoms with Gasteiger partial charge in [0, 0.05) is 17.3 Å². The van der Waals surface area contributed by atoms with E-state index in [9.17, 15) is 0 Å². The molecule has 0 unspecified atom stereocenters. The number of thiophene rings is 1. The molecule has 0 aliphatic carbocycles. The first-order chi connectivity index (χ1) is 9.34. The largest absolute Gasteiger partial charge is 0.306 e. The Hall–Kier alpha value is -1.64. The highest BCUT2D eigenvalue weighted by atomic mass is 32.1. The molecular formula is C17H17NS. The molecule has 0 saturated carbocycles. The lowest BCUT2D eigenvalue weighted by Crippen LogP contribution is -2.17. The standard InChI is InChI=1S/C17H17NS/c1-13(14-7-3-2-4-8-14)18-11-15-12-19-17-10-6-5-9-16(15)17/h2-10,12-13,18H,11H2,1H3/t13-/m0/s1. The normalized spacial score (nSPS) is 12.7. The zero-order chi connectivity index (χ0) is 13.1. The van der Waals surface area contributed by atoms with Crippen LogP contribution in [0.2, 0.25) is 0 Å². The Labute approximate surface area is 117 Å². The van der Waals surface area contributed by atoms with E-state index in [0.29, 0.717) is 6.04 Å². The minimum Gasteiger partial charge on any atom is -0.306 e. The van der Waals surface area contributed by atoms with Gasteiger partial charge < -0.3 is 5.32 Å². The van der Waals surface area contributed by atoms with Crippen molar-refractivity contribution in [2.75, 3.05) is 0 Å². The van der Waals surface area contributed by atoms with Gasteiger partial charge in [0.05, 0.1) is 0 Å². The molecule has 0 radical (unpaired) electrons. The molecule has 1 atom stereocenters. The molecule has 0 saturated heterocycles. The minimum atomic E-state index is 0.375. The molecule has 1 nitrogen and oxygen atoms in total. The summed E-state index contributed by atoms with van der Waals surface area (Å²) >= 11 is 1.82. The van der Waals surface area contributed by atoms with Crippen LogP contribution in [0.5, 0.6) is 0 Å². The quantitative estimate of drug-likeness (QED) is 0.719. The lowest BCUT2D eigenvalue weighted by molar-refractivity contribution is 0.577. The Morgan fingerprint density at radius 2 is 1.74 bits per heavy atom. The van der Waals surface area contributed by atoms with Crippen LogP contribution >= 0.6 is 11.3 Å². The molecule has 1 aromatic heterocycles. The number of benzene rings is 2. The molecule has 3 aromatic rings. The summed E-state index contributed by atoms with van der Waals surface area (Å²) in [7, 11) is 0. The van der Waals surface area contributed by atoms with E-state index in [-0.39, 0.29) is 0 Å². The Balaban J connectivity index is 1.73. The first-order valence-electron chi connectivity index (χ1n) is 6.58. The van der Waals surface area contributed by atoms with Crippen molar-refractivity contribution in [1.82, 2.24) is 5.32 Å². The van der Waals surface area contributed by atoms with Gasteiger partial charge in [-0.1, -0.05) is 48.5 Å². The van der Waals surface area contributed by atoms with Crippen LogP contribution in [0.3, 0.4) is 0 Å². The van der Waals surface area contributed by atoms with E-state index in [0.717, 1.165) is 6.54 Å². The summed E-state index contributed by atoms with van der Waals surface area (Å²) in [6.45, 7) is 3.13. The Morgan fingerprint density at radius 3 is 2.58 bits per heavy atom. The maximum Gasteiger partial charge on any atom is 0.0346 e. The molecule has 0 fully saturated rings. The van der Waals surface area contributed by atoms with Crippen molar-refractivity contribution in [2.24, 2.45) is 0 Å². The summed E-state index contributed by atoms with van der Waals surface area (Å²) in [6, 6.07) is 19.6. The van der Waals surface area contributed by atoms with Crippen LogP contribution in [-0.4, -0.2) is 0 Å². The molecule has 0 spiro atoms. The minimum absolute atomic E-state index is 0.375. The lowest BCUT2D eigenvalue weighted by atomic mass is 10.1. The van der Waals surface area contributed by atoms with Crippen molar-refractivity contribution < 1.29 is 0 Å². The van der Waals surface area contributed by atoms with E-state index in [1.165, 1.54) is 21.2 Å². The molecule has 1 N–H and O–H groups in total. The highest BCUT2D eigenvalue weighted by Crippen LogP contribution is 2.26. The maximum absolute atomic E-state index is 3.60. The van der Waals surface area contributed by atoms with Crippen LogP contribution in [0.4, 0.5) is 0 Å². The second-order valence-electron chi connectivity index (χ2n) is 4.77. The van der Waals surface area contributed by atoms with Crippen LogP contribution in [0, 0.1) is 0 Å². The topological polar surface area (TPSA) is 12.0 Å². The van der Waals surface area contributed by atoms with Gasteiger partial charge in [0.2, 0.25) is 0 Å². The Morgan fingerprint density at radius 1 is 1.00 bits per heavy atom. The van der Waals surface area contributed by atoms with Gasteiger partial charge in [-0.25, -0.2) is 0 Å². The third-order valence-corrected chi connectivity index (χ3v) is 4.47. The van der Waals surface area contributed by atoms with E-state index < -0.39 is 0 Å². The number of rotatable bonds is 4. The lowest BCUT2D eigenvalue weighted by Gasteiger charge is -2.13. The summed E-state index contributed by atoms with van der Waals surface area (Å²) in [6.07, 6.45) is 0. The number of hydrogen-bond acceptors (Lipinski definition) is 2. The van der Waals surface area contributed by atoms with Gasteiger partial charge in [-0.05, 0) is 34.9 Å². The predicted octanol–water partition coefficient (Wildman–Crippen LogP) is 4.75. The third kappa shape index (κ3) is 2.70. The Kier molecular flexibility index (Phi) is 3.62. The van der Waals surface area contributed by atoms with Gasteiger partial charge in [0.15, 0.2) is 0 Å². The van der Waals surface area contributed by atoms with E-state index in [1.54, 1.807) is 0 Å². The van der Waals surface area contributed by atoms with Crippen LogP contribution in [0.15, 0.2) is 60.0 Å². The fourth-order valence-electron chi connectivity index (χ4n) is 2.29. The van der Waals surface area contributed by atoms with E-state index in [1.807, 2.05) is 11.3 Å². The smallest absolute Gasteiger partial charge is 0.0346 e. The van der Waals surface area contributed by atoms with Gasteiger partial charge in [0.1, 0.15) is 0 Å². The van der Waals surface area contributed by atoms with Crippen molar-refractivity contribution in [3.8, 4) is 0 Å². The second kappa shape index (κ2) is 5.55. The van der Waals surface area contributed by atoms with E-state index in [4.69, 9.17) is 0 Å². The fraction of sp³-hybridized carbons (Fsp3) is 0.176. The molecule has 2 heteroatoms. The summed E-state index contributed by atoms with van der Waals surface area (Å²) in [4.78, 5) is 0. The van der Waals surface area contributed by atoms with Crippen LogP contribution in [0.25, 0.3) is 10.1 Å². The summed E-state index contributed by atoms with van der Waals surface area (Å²) in [5.41, 5.74) is 2.73. The van der Waals surface area contributed by atoms with Crippen molar-refractivity contribution >= 4 is 21.4 Å². The highest BCUT2D eigenvalue weighted by Gasteiger charge is 2.07. The van der Waals surface area contributed by atoms with Crippen LogP contribution < -0.4 is 5.32 Å². The zero-order valence-corrected chi connectivity index (χ0v) is 11.8. The first kappa shape index (κ1) is 12.4. The van der Waals surface area contributed by atoms with Crippen LogP contribution in [0.1, 0.15) is 24.1 Å². The van der Waals surface area contributed by atoms with Crippen molar-refractivity contribution in [2.45, 2.75) is 19.5 Å². The SMILES string of the molecule is C[C@H](NCc1csc2ccccc12)c1ccccc1. The van der Waals surface area contributed by atoms with E-state index in [2.05, 4.69) is 72.2 Å². The van der Waals surface area contributed by atoms with Gasteiger partial charge in [-0.15, -0.1) is 11.3 Å². The molecular weight excluding hydrogens is 250 g/mol. The molecule has 96 valence electrons. The molecule has 19 heavy (non-hydrogen) atoms. The van der Waals surface area contributed by atoms with Crippen LogP contribution in [-0.2, 0) is 6.54 Å². The average molecular weight is 267 g/mol. The highest BCUT2D eigenvalue weighted by molar-refractivity contribution is 7.17. The molecule has 3 rings (SSSR count). The monoisotopic (exact) mass is 267 g/mol. The molecule has 0 aliphatic heterocycles. The fourth-order valence-corrected chi connectivity index (χ4v) is 3.26. The van der Waals surface area contributed by atoms with Gasteiger partial charge in [0.25, 0.3) is 0 Å². The third-order valence-electron chi connectivity index (χ3n) is 3.46. The predicted molar refractivity (Wildman–Crippen MR) is 83.5 cm³/mol. The molecule has 0 aliphatic rings. The molecule has 1 heterocycles. The Bertz CT molecular complexity index is 657. The van der Waals surface area contributed by atoms with Gasteiger partial charge in [-0.3, -0.25) is 0 Å². The van der Waals surface area contributed by atoms with Crippen molar-refractivity contribution in [3.05, 3.63) is 71.1 Å². The maximum atomic E-state index is 3.60. The van der Waals surface area contributed by atoms with Gasteiger partial charge >= 0.3 is 0 Å². The summed E-state index contributed by atoms with van der Waals surface area (Å²) < 4.78 is 1.37. The van der Waals surface area contributed by atoms with Crippen molar-refractivity contribution in [3.63, 3.8) is 0 Å².